The van der Waals surface area contributed by atoms with Crippen molar-refractivity contribution in [3.05, 3.63) is 35.4 Å². The Balaban J connectivity index is 1.86. The third-order valence-electron chi connectivity index (χ3n) is 5.88. The summed E-state index contributed by atoms with van der Waals surface area (Å²) in [6.45, 7) is 4.98. The van der Waals surface area contributed by atoms with E-state index >= 15 is 0 Å². The Kier molecular flexibility index (Phi) is 8.25. The zero-order valence-corrected chi connectivity index (χ0v) is 19.2. The maximum absolute atomic E-state index is 12.0. The van der Waals surface area contributed by atoms with Crippen LogP contribution in [0.4, 0.5) is 0 Å². The van der Waals surface area contributed by atoms with Gasteiger partial charge < -0.3 is 20.5 Å². The van der Waals surface area contributed by atoms with Gasteiger partial charge in [0.15, 0.2) is 9.84 Å². The maximum Gasteiger partial charge on any atom is 0.238 e. The SMILES string of the molecule is CC(N)(O)OCC#Cc1ccc(C2CCN(CCC(C)(C(N)=O)S(C)(=O)=O)CC2)cc1. The van der Waals surface area contributed by atoms with E-state index in [9.17, 15) is 18.3 Å². The molecule has 0 radical (unpaired) electrons. The molecule has 9 heteroatoms. The Morgan fingerprint density at radius 2 is 1.84 bits per heavy atom. The molecular formula is C22H33N3O5S. The van der Waals surface area contributed by atoms with Crippen LogP contribution < -0.4 is 11.5 Å². The van der Waals surface area contributed by atoms with Crippen LogP contribution in [0.15, 0.2) is 24.3 Å². The molecule has 2 unspecified atom stereocenters. The van der Waals surface area contributed by atoms with E-state index in [0.29, 0.717) is 12.5 Å². The number of aliphatic hydroxyl groups is 1. The molecule has 172 valence electrons. The van der Waals surface area contributed by atoms with Crippen LogP contribution in [0.2, 0.25) is 0 Å². The number of nitrogens with two attached hydrogens (primary N) is 2. The van der Waals surface area contributed by atoms with Gasteiger partial charge in [0.2, 0.25) is 11.8 Å². The minimum absolute atomic E-state index is 0.0395. The van der Waals surface area contributed by atoms with Crippen LogP contribution in [0.1, 0.15) is 50.2 Å². The summed E-state index contributed by atoms with van der Waals surface area (Å²) in [5.74, 6) is 3.72. The first-order valence-electron chi connectivity index (χ1n) is 10.3. The minimum Gasteiger partial charge on any atom is -0.368 e. The second-order valence-electron chi connectivity index (χ2n) is 8.50. The third kappa shape index (κ3) is 7.30. The van der Waals surface area contributed by atoms with Gasteiger partial charge in [0.25, 0.3) is 0 Å². The van der Waals surface area contributed by atoms with Gasteiger partial charge in [-0.1, -0.05) is 24.0 Å². The van der Waals surface area contributed by atoms with Crippen molar-refractivity contribution in [1.82, 2.24) is 4.90 Å². The molecular weight excluding hydrogens is 418 g/mol. The normalized spacial score (nSPS) is 19.6. The Morgan fingerprint density at radius 3 is 2.32 bits per heavy atom. The summed E-state index contributed by atoms with van der Waals surface area (Å²) in [5, 5.41) is 9.28. The van der Waals surface area contributed by atoms with Gasteiger partial charge >= 0.3 is 0 Å². The molecule has 1 aromatic rings. The molecule has 5 N–H and O–H groups in total. The van der Waals surface area contributed by atoms with Gasteiger partial charge in [-0.2, -0.15) is 0 Å². The molecule has 31 heavy (non-hydrogen) atoms. The maximum atomic E-state index is 12.0. The van der Waals surface area contributed by atoms with Gasteiger partial charge in [-0.25, -0.2) is 8.42 Å². The second kappa shape index (κ2) is 10.1. The van der Waals surface area contributed by atoms with E-state index in [2.05, 4.69) is 28.9 Å². The number of carbonyl (C=O) groups is 1. The highest BCUT2D eigenvalue weighted by atomic mass is 32.2. The van der Waals surface area contributed by atoms with Crippen LogP contribution >= 0.6 is 0 Å². The van der Waals surface area contributed by atoms with Gasteiger partial charge in [0, 0.05) is 25.3 Å². The van der Waals surface area contributed by atoms with Crippen molar-refractivity contribution in [3.8, 4) is 11.8 Å². The quantitative estimate of drug-likeness (QED) is 0.388. The molecule has 1 aromatic carbocycles. The Hall–Kier alpha value is -1.96. The van der Waals surface area contributed by atoms with E-state index in [0.717, 1.165) is 37.8 Å². The number of rotatable bonds is 8. The van der Waals surface area contributed by atoms with Crippen molar-refractivity contribution in [2.24, 2.45) is 11.5 Å². The standard InChI is InChI=1S/C22H33N3O5S/c1-21(20(23)26,31(3,28)29)12-15-25-13-10-19(11-14-25)18-8-6-17(7-9-18)5-4-16-30-22(2,24)27/h6-9,19,27H,10-16,24H2,1-3H3,(H2,23,26). The summed E-state index contributed by atoms with van der Waals surface area (Å²) in [6, 6.07) is 8.05. The Morgan fingerprint density at radius 1 is 1.26 bits per heavy atom. The number of amides is 1. The predicted molar refractivity (Wildman–Crippen MR) is 120 cm³/mol. The highest BCUT2D eigenvalue weighted by Crippen LogP contribution is 2.29. The minimum atomic E-state index is -3.58. The van der Waals surface area contributed by atoms with E-state index in [1.807, 2.05) is 12.1 Å². The van der Waals surface area contributed by atoms with Crippen LogP contribution in [-0.2, 0) is 19.4 Å². The van der Waals surface area contributed by atoms with Crippen molar-refractivity contribution in [2.45, 2.75) is 49.7 Å². The fourth-order valence-electron chi connectivity index (χ4n) is 3.51. The number of hydrogen-bond donors (Lipinski definition) is 3. The van der Waals surface area contributed by atoms with Crippen molar-refractivity contribution in [1.29, 1.82) is 0 Å². The van der Waals surface area contributed by atoms with E-state index in [1.165, 1.54) is 19.4 Å². The number of likely N-dealkylation sites (tertiary alicyclic amines) is 1. The molecule has 0 saturated carbocycles. The number of nitrogens with zero attached hydrogens (tertiary/aromatic N) is 1. The fourth-order valence-corrected chi connectivity index (χ4v) is 4.34. The summed E-state index contributed by atoms with van der Waals surface area (Å²) in [7, 11) is -3.58. The van der Waals surface area contributed by atoms with E-state index in [4.69, 9.17) is 16.2 Å². The van der Waals surface area contributed by atoms with Crippen LogP contribution in [0.3, 0.4) is 0 Å². The number of piperidine rings is 1. The molecule has 0 spiro atoms. The van der Waals surface area contributed by atoms with Crippen molar-refractivity contribution >= 4 is 15.7 Å². The van der Waals surface area contributed by atoms with Gasteiger partial charge in [0.05, 0.1) is 0 Å². The van der Waals surface area contributed by atoms with E-state index in [-0.39, 0.29) is 13.0 Å². The van der Waals surface area contributed by atoms with Gasteiger partial charge in [-0.05, 0) is 62.9 Å². The monoisotopic (exact) mass is 451 g/mol. The topological polar surface area (TPSA) is 136 Å². The molecule has 0 aliphatic carbocycles. The largest absolute Gasteiger partial charge is 0.368 e. The van der Waals surface area contributed by atoms with Gasteiger partial charge in [0.1, 0.15) is 11.4 Å². The van der Waals surface area contributed by atoms with E-state index < -0.39 is 26.4 Å². The lowest BCUT2D eigenvalue weighted by atomic mass is 9.89. The number of benzene rings is 1. The van der Waals surface area contributed by atoms with Crippen LogP contribution in [0.25, 0.3) is 0 Å². The highest BCUT2D eigenvalue weighted by Gasteiger charge is 2.42. The van der Waals surface area contributed by atoms with Gasteiger partial charge in [-0.3, -0.25) is 10.5 Å². The Bertz CT molecular complexity index is 921. The highest BCUT2D eigenvalue weighted by molar-refractivity contribution is 7.92. The molecule has 8 nitrogen and oxygen atoms in total. The molecule has 1 amide bonds. The molecule has 2 rings (SSSR count). The predicted octanol–water partition coefficient (Wildman–Crippen LogP) is 0.538. The lowest BCUT2D eigenvalue weighted by Gasteiger charge is -2.34. The summed E-state index contributed by atoms with van der Waals surface area (Å²) < 4.78 is 27.4. The zero-order chi connectivity index (χ0) is 23.3. The summed E-state index contributed by atoms with van der Waals surface area (Å²) in [4.78, 5) is 13.9. The number of ether oxygens (including phenoxy) is 1. The van der Waals surface area contributed by atoms with Crippen molar-refractivity contribution in [3.63, 3.8) is 0 Å². The van der Waals surface area contributed by atoms with Crippen molar-refractivity contribution < 1.29 is 23.1 Å². The lowest BCUT2D eigenvalue weighted by Crippen LogP contribution is -2.50. The number of sulfone groups is 1. The molecule has 0 aromatic heterocycles. The van der Waals surface area contributed by atoms with Crippen molar-refractivity contribution in [2.75, 3.05) is 32.5 Å². The molecule has 1 fully saturated rings. The first-order chi connectivity index (χ1) is 14.3. The van der Waals surface area contributed by atoms with Crippen LogP contribution in [-0.4, -0.2) is 67.5 Å². The number of primary amides is 1. The summed E-state index contributed by atoms with van der Waals surface area (Å²) >= 11 is 0. The molecule has 2 atom stereocenters. The Labute approximate surface area is 184 Å². The first-order valence-corrected chi connectivity index (χ1v) is 12.2. The molecule has 1 aliphatic rings. The summed E-state index contributed by atoms with van der Waals surface area (Å²) in [6.07, 6.45) is 3.17. The lowest BCUT2D eigenvalue weighted by molar-refractivity contribution is -0.175. The van der Waals surface area contributed by atoms with Crippen LogP contribution in [0, 0.1) is 11.8 Å². The smallest absolute Gasteiger partial charge is 0.238 e. The third-order valence-corrected chi connectivity index (χ3v) is 7.93. The number of carbonyl (C=O) groups excluding carboxylic acids is 1. The first kappa shape index (κ1) is 25.3. The molecule has 1 saturated heterocycles. The number of hydrogen-bond acceptors (Lipinski definition) is 7. The molecule has 0 bridgehead atoms. The molecule has 1 heterocycles. The van der Waals surface area contributed by atoms with E-state index in [1.54, 1.807) is 0 Å². The van der Waals surface area contributed by atoms with Crippen LogP contribution in [0.5, 0.6) is 0 Å². The zero-order valence-electron chi connectivity index (χ0n) is 18.4. The second-order valence-corrected chi connectivity index (χ2v) is 10.9. The average Bonchev–Trinajstić information content (AvgIpc) is 2.68. The average molecular weight is 452 g/mol. The molecule has 1 aliphatic heterocycles. The van der Waals surface area contributed by atoms with Gasteiger partial charge in [-0.15, -0.1) is 0 Å². The fraction of sp³-hybridized carbons (Fsp3) is 0.591. The summed E-state index contributed by atoms with van der Waals surface area (Å²) in [5.41, 5.74) is 12.8.